The average molecular weight is 191 g/mol. The third-order valence-corrected chi connectivity index (χ3v) is 2.24. The largest absolute Gasteiger partial charge is 0.396 e. The molecule has 4 heteroatoms. The molecule has 0 aromatic carbocycles. The first-order valence-electron chi connectivity index (χ1n) is 4.64. The minimum atomic E-state index is -0.654. The predicted octanol–water partition coefficient (Wildman–Crippen LogP) is -0.316. The van der Waals surface area contributed by atoms with Crippen molar-refractivity contribution in [2.45, 2.75) is 39.5 Å². The minimum Gasteiger partial charge on any atom is -0.396 e. The van der Waals surface area contributed by atoms with Crippen LogP contribution in [0.25, 0.3) is 0 Å². The molecule has 0 aliphatic heterocycles. The van der Waals surface area contributed by atoms with E-state index >= 15 is 0 Å². The van der Waals surface area contributed by atoms with Crippen molar-refractivity contribution in [3.63, 3.8) is 0 Å². The molecule has 0 spiro atoms. The predicted molar refractivity (Wildman–Crippen MR) is 51.2 cm³/mol. The van der Waals surface area contributed by atoms with Gasteiger partial charge in [0.15, 0.2) is 0 Å². The maximum absolute atomic E-state index is 9.59. The van der Waals surface area contributed by atoms with E-state index in [1.54, 1.807) is 13.8 Å². The van der Waals surface area contributed by atoms with Crippen molar-refractivity contribution in [1.82, 2.24) is 5.32 Å². The molecule has 0 aliphatic carbocycles. The van der Waals surface area contributed by atoms with Crippen LogP contribution in [0.2, 0.25) is 0 Å². The Morgan fingerprint density at radius 3 is 2.23 bits per heavy atom. The van der Waals surface area contributed by atoms with Gasteiger partial charge in [0.2, 0.25) is 0 Å². The Bertz CT molecular complexity index is 139. The highest BCUT2D eigenvalue weighted by atomic mass is 16.3. The molecule has 4 N–H and O–H groups in total. The molecular formula is C9H21NO3. The summed E-state index contributed by atoms with van der Waals surface area (Å²) in [4.78, 5) is 0. The highest BCUT2D eigenvalue weighted by Gasteiger charge is 2.26. The average Bonchev–Trinajstić information content (AvgIpc) is 2.13. The molecule has 2 unspecified atom stereocenters. The van der Waals surface area contributed by atoms with E-state index in [1.807, 2.05) is 6.92 Å². The van der Waals surface area contributed by atoms with E-state index in [1.165, 1.54) is 0 Å². The Morgan fingerprint density at radius 2 is 1.85 bits per heavy atom. The standard InChI is InChI=1S/C9H21NO3/c1-4-8(13)10-5-7(12)9(2,3)6-11/h7-8,10-13H,4-6H2,1-3H3. The van der Waals surface area contributed by atoms with E-state index in [9.17, 15) is 5.11 Å². The lowest BCUT2D eigenvalue weighted by molar-refractivity contribution is -0.00210. The summed E-state index contributed by atoms with van der Waals surface area (Å²) in [5.74, 6) is 0. The lowest BCUT2D eigenvalue weighted by atomic mass is 9.87. The van der Waals surface area contributed by atoms with Crippen molar-refractivity contribution in [2.24, 2.45) is 5.41 Å². The number of aliphatic hydroxyl groups excluding tert-OH is 3. The van der Waals surface area contributed by atoms with Crippen LogP contribution in [0.4, 0.5) is 0 Å². The molecule has 13 heavy (non-hydrogen) atoms. The summed E-state index contributed by atoms with van der Waals surface area (Å²) in [6.45, 7) is 5.62. The summed E-state index contributed by atoms with van der Waals surface area (Å²) in [6, 6.07) is 0. The zero-order valence-corrected chi connectivity index (χ0v) is 8.62. The molecule has 80 valence electrons. The topological polar surface area (TPSA) is 72.7 Å². The number of hydrogen-bond acceptors (Lipinski definition) is 4. The van der Waals surface area contributed by atoms with Crippen LogP contribution in [0.1, 0.15) is 27.2 Å². The Kier molecular flexibility index (Phi) is 5.48. The second-order valence-electron chi connectivity index (χ2n) is 3.99. The molecule has 0 heterocycles. The van der Waals surface area contributed by atoms with Gasteiger partial charge in [-0.05, 0) is 6.42 Å². The molecule has 0 saturated heterocycles. The third kappa shape index (κ3) is 4.57. The van der Waals surface area contributed by atoms with E-state index in [4.69, 9.17) is 10.2 Å². The molecule has 0 rings (SSSR count). The van der Waals surface area contributed by atoms with Crippen LogP contribution >= 0.6 is 0 Å². The summed E-state index contributed by atoms with van der Waals surface area (Å²) < 4.78 is 0. The Balaban J connectivity index is 3.80. The van der Waals surface area contributed by atoms with Crippen molar-refractivity contribution in [2.75, 3.05) is 13.2 Å². The number of aliphatic hydroxyl groups is 3. The van der Waals surface area contributed by atoms with Crippen LogP contribution in [0.5, 0.6) is 0 Å². The highest BCUT2D eigenvalue weighted by Crippen LogP contribution is 2.18. The van der Waals surface area contributed by atoms with Gasteiger partial charge in [0.1, 0.15) is 6.23 Å². The SMILES string of the molecule is CCC(O)NCC(O)C(C)(C)CO. The highest BCUT2D eigenvalue weighted by molar-refractivity contribution is 4.78. The zero-order chi connectivity index (χ0) is 10.5. The van der Waals surface area contributed by atoms with Gasteiger partial charge in [0.05, 0.1) is 12.7 Å². The second-order valence-corrected chi connectivity index (χ2v) is 3.99. The van der Waals surface area contributed by atoms with E-state index in [-0.39, 0.29) is 6.61 Å². The number of hydrogen-bond donors (Lipinski definition) is 4. The Hall–Kier alpha value is -0.160. The molecule has 0 bridgehead atoms. The maximum atomic E-state index is 9.59. The summed E-state index contributed by atoms with van der Waals surface area (Å²) in [5, 5.41) is 30.5. The first-order chi connectivity index (χ1) is 5.94. The van der Waals surface area contributed by atoms with Gasteiger partial charge >= 0.3 is 0 Å². The Labute approximate surface area is 79.6 Å². The van der Waals surface area contributed by atoms with Gasteiger partial charge in [0.25, 0.3) is 0 Å². The molecule has 0 amide bonds. The fourth-order valence-corrected chi connectivity index (χ4v) is 0.774. The van der Waals surface area contributed by atoms with Gasteiger partial charge in [-0.15, -0.1) is 0 Å². The first-order valence-corrected chi connectivity index (χ1v) is 4.64. The van der Waals surface area contributed by atoms with Crippen molar-refractivity contribution in [3.05, 3.63) is 0 Å². The van der Waals surface area contributed by atoms with E-state index in [2.05, 4.69) is 5.32 Å². The first kappa shape index (κ1) is 12.8. The zero-order valence-electron chi connectivity index (χ0n) is 8.62. The summed E-state index contributed by atoms with van der Waals surface area (Å²) in [5.41, 5.74) is -0.527. The molecule has 0 aromatic rings. The number of nitrogens with one attached hydrogen (secondary N) is 1. The van der Waals surface area contributed by atoms with E-state index < -0.39 is 17.7 Å². The van der Waals surface area contributed by atoms with Gasteiger partial charge in [-0.2, -0.15) is 0 Å². The normalized spacial score (nSPS) is 17.1. The fourth-order valence-electron chi connectivity index (χ4n) is 0.774. The molecule has 0 radical (unpaired) electrons. The lowest BCUT2D eigenvalue weighted by Gasteiger charge is -2.29. The van der Waals surface area contributed by atoms with Crippen LogP contribution in [-0.2, 0) is 0 Å². The van der Waals surface area contributed by atoms with Gasteiger partial charge < -0.3 is 15.3 Å². The maximum Gasteiger partial charge on any atom is 0.104 e. The summed E-state index contributed by atoms with van der Waals surface area (Å²) in [7, 11) is 0. The minimum absolute atomic E-state index is 0.0714. The monoisotopic (exact) mass is 191 g/mol. The van der Waals surface area contributed by atoms with Crippen LogP contribution < -0.4 is 5.32 Å². The Morgan fingerprint density at radius 1 is 1.31 bits per heavy atom. The lowest BCUT2D eigenvalue weighted by Crippen LogP contribution is -2.43. The summed E-state index contributed by atoms with van der Waals surface area (Å²) >= 11 is 0. The van der Waals surface area contributed by atoms with Crippen LogP contribution in [0, 0.1) is 5.41 Å². The molecule has 0 saturated carbocycles. The van der Waals surface area contributed by atoms with Crippen molar-refractivity contribution >= 4 is 0 Å². The fraction of sp³-hybridized carbons (Fsp3) is 1.00. The molecule has 0 aliphatic rings. The van der Waals surface area contributed by atoms with Gasteiger partial charge in [-0.3, -0.25) is 5.32 Å². The van der Waals surface area contributed by atoms with Crippen molar-refractivity contribution in [3.8, 4) is 0 Å². The van der Waals surface area contributed by atoms with E-state index in [0.717, 1.165) is 0 Å². The van der Waals surface area contributed by atoms with Crippen molar-refractivity contribution in [1.29, 1.82) is 0 Å². The molecule has 2 atom stereocenters. The van der Waals surface area contributed by atoms with Crippen LogP contribution in [0.15, 0.2) is 0 Å². The van der Waals surface area contributed by atoms with Gasteiger partial charge in [0, 0.05) is 12.0 Å². The number of rotatable bonds is 6. The van der Waals surface area contributed by atoms with Gasteiger partial charge in [-0.25, -0.2) is 0 Å². The second kappa shape index (κ2) is 5.54. The van der Waals surface area contributed by atoms with Crippen molar-refractivity contribution < 1.29 is 15.3 Å². The molecular weight excluding hydrogens is 170 g/mol. The quantitative estimate of drug-likeness (QED) is 0.434. The van der Waals surface area contributed by atoms with Crippen LogP contribution in [-0.4, -0.2) is 40.8 Å². The summed E-state index contributed by atoms with van der Waals surface area (Å²) in [6.07, 6.45) is -0.630. The third-order valence-electron chi connectivity index (χ3n) is 2.24. The molecule has 0 fully saturated rings. The van der Waals surface area contributed by atoms with Gasteiger partial charge in [-0.1, -0.05) is 20.8 Å². The smallest absolute Gasteiger partial charge is 0.104 e. The van der Waals surface area contributed by atoms with E-state index in [0.29, 0.717) is 13.0 Å². The molecule has 4 nitrogen and oxygen atoms in total. The van der Waals surface area contributed by atoms with Crippen LogP contribution in [0.3, 0.4) is 0 Å². The molecule has 0 aromatic heterocycles.